The summed E-state index contributed by atoms with van der Waals surface area (Å²) in [7, 11) is 0. The largest absolute Gasteiger partial charge is 0.486 e. The Kier molecular flexibility index (Phi) is 3.67. The van der Waals surface area contributed by atoms with E-state index >= 15 is 0 Å². The topological polar surface area (TPSA) is 27.7 Å². The van der Waals surface area contributed by atoms with Crippen LogP contribution < -0.4 is 9.47 Å². The fraction of sp³-hybridized carbons (Fsp3) is 0.538. The summed E-state index contributed by atoms with van der Waals surface area (Å²) < 4.78 is 16.7. The van der Waals surface area contributed by atoms with Crippen molar-refractivity contribution in [3.8, 4) is 11.5 Å². The van der Waals surface area contributed by atoms with Crippen molar-refractivity contribution in [1.82, 2.24) is 0 Å². The van der Waals surface area contributed by atoms with Crippen LogP contribution in [-0.2, 0) is 4.74 Å². The Bertz CT molecular complexity index is 349. The van der Waals surface area contributed by atoms with E-state index in [4.69, 9.17) is 14.2 Å². The molecule has 1 aromatic carbocycles. The number of hydrogen-bond donors (Lipinski definition) is 0. The minimum Gasteiger partial charge on any atom is -0.486 e. The second-order valence-corrected chi connectivity index (χ2v) is 3.76. The van der Waals surface area contributed by atoms with Gasteiger partial charge >= 0.3 is 0 Å². The smallest absolute Gasteiger partial charge is 0.161 e. The molecule has 0 unspecified atom stereocenters. The fourth-order valence-electron chi connectivity index (χ4n) is 1.91. The summed E-state index contributed by atoms with van der Waals surface area (Å²) in [5.41, 5.74) is 1.16. The van der Waals surface area contributed by atoms with Gasteiger partial charge in [-0.25, -0.2) is 0 Å². The molecule has 0 N–H and O–H groups in total. The fourth-order valence-corrected chi connectivity index (χ4v) is 1.91. The van der Waals surface area contributed by atoms with Gasteiger partial charge in [-0.1, -0.05) is 13.0 Å². The number of ether oxygens (including phenoxy) is 3. The molecule has 3 heteroatoms. The van der Waals surface area contributed by atoms with Gasteiger partial charge in [0.2, 0.25) is 0 Å². The Morgan fingerprint density at radius 1 is 1.19 bits per heavy atom. The van der Waals surface area contributed by atoms with Crippen molar-refractivity contribution in [1.29, 1.82) is 0 Å². The molecule has 1 aromatic rings. The third-order valence-corrected chi connectivity index (χ3v) is 2.68. The maximum Gasteiger partial charge on any atom is 0.161 e. The molecule has 0 fully saturated rings. The summed E-state index contributed by atoms with van der Waals surface area (Å²) in [5.74, 6) is 1.67. The molecular weight excluding hydrogens is 204 g/mol. The Hall–Kier alpha value is -1.22. The molecule has 1 aliphatic rings. The number of rotatable bonds is 4. The second kappa shape index (κ2) is 5.21. The molecule has 1 atom stereocenters. The number of hydrogen-bond acceptors (Lipinski definition) is 3. The molecule has 0 saturated carbocycles. The maximum absolute atomic E-state index is 5.67. The van der Waals surface area contributed by atoms with Crippen molar-refractivity contribution in [2.75, 3.05) is 19.8 Å². The van der Waals surface area contributed by atoms with Crippen LogP contribution in [-0.4, -0.2) is 19.8 Å². The average Bonchev–Trinajstić information content (AvgIpc) is 2.35. The zero-order valence-electron chi connectivity index (χ0n) is 9.86. The van der Waals surface area contributed by atoms with Crippen molar-refractivity contribution in [3.05, 3.63) is 23.8 Å². The number of fused-ring (bicyclic) bond motifs is 1. The van der Waals surface area contributed by atoms with Gasteiger partial charge in [-0.2, -0.15) is 0 Å². The Morgan fingerprint density at radius 2 is 1.94 bits per heavy atom. The molecule has 2 rings (SSSR count). The van der Waals surface area contributed by atoms with Gasteiger partial charge in [0.25, 0.3) is 0 Å². The van der Waals surface area contributed by atoms with Gasteiger partial charge in [0, 0.05) is 6.61 Å². The van der Waals surface area contributed by atoms with Gasteiger partial charge in [0.05, 0.1) is 6.10 Å². The van der Waals surface area contributed by atoms with Crippen molar-refractivity contribution in [2.45, 2.75) is 26.4 Å². The first-order valence-corrected chi connectivity index (χ1v) is 5.86. The molecular formula is C13H18O3. The van der Waals surface area contributed by atoms with Gasteiger partial charge in [-0.15, -0.1) is 0 Å². The average molecular weight is 222 g/mol. The highest BCUT2D eigenvalue weighted by Crippen LogP contribution is 2.34. The summed E-state index contributed by atoms with van der Waals surface area (Å²) in [6.07, 6.45) is 1.12. The van der Waals surface area contributed by atoms with Crippen LogP contribution in [0, 0.1) is 0 Å². The van der Waals surface area contributed by atoms with Crippen LogP contribution in [0.15, 0.2) is 18.2 Å². The predicted molar refractivity (Wildman–Crippen MR) is 62.1 cm³/mol. The summed E-state index contributed by atoms with van der Waals surface area (Å²) in [4.78, 5) is 0. The van der Waals surface area contributed by atoms with Gasteiger partial charge in [-0.05, 0) is 31.0 Å². The summed E-state index contributed by atoms with van der Waals surface area (Å²) >= 11 is 0. The van der Waals surface area contributed by atoms with E-state index in [9.17, 15) is 0 Å². The molecule has 0 radical (unpaired) electrons. The van der Waals surface area contributed by atoms with Crippen molar-refractivity contribution >= 4 is 0 Å². The first-order chi connectivity index (χ1) is 7.85. The minimum atomic E-state index is 0.154. The van der Waals surface area contributed by atoms with Crippen LogP contribution in [0.2, 0.25) is 0 Å². The van der Waals surface area contributed by atoms with E-state index in [1.165, 1.54) is 0 Å². The van der Waals surface area contributed by atoms with Crippen molar-refractivity contribution in [3.63, 3.8) is 0 Å². The summed E-state index contributed by atoms with van der Waals surface area (Å²) in [5, 5.41) is 0. The maximum atomic E-state index is 5.67. The quantitative estimate of drug-likeness (QED) is 0.784. The SMILES string of the molecule is CCO[C@@H](CC)c1ccc2c(c1)OCCO2. The van der Waals surface area contributed by atoms with Crippen LogP contribution in [0.4, 0.5) is 0 Å². The first kappa shape index (κ1) is 11.3. The van der Waals surface area contributed by atoms with Gasteiger partial charge in [0.1, 0.15) is 13.2 Å². The highest BCUT2D eigenvalue weighted by Gasteiger charge is 2.15. The lowest BCUT2D eigenvalue weighted by Gasteiger charge is -2.21. The van der Waals surface area contributed by atoms with Crippen LogP contribution in [0.5, 0.6) is 11.5 Å². The Morgan fingerprint density at radius 3 is 2.62 bits per heavy atom. The van der Waals surface area contributed by atoms with E-state index in [0.29, 0.717) is 13.2 Å². The van der Waals surface area contributed by atoms with Crippen LogP contribution in [0.25, 0.3) is 0 Å². The predicted octanol–water partition coefficient (Wildman–Crippen LogP) is 2.95. The molecule has 0 saturated heterocycles. The van der Waals surface area contributed by atoms with Crippen molar-refractivity contribution in [2.24, 2.45) is 0 Å². The molecule has 0 aliphatic carbocycles. The van der Waals surface area contributed by atoms with E-state index in [2.05, 4.69) is 13.0 Å². The zero-order chi connectivity index (χ0) is 11.4. The molecule has 0 aromatic heterocycles. The van der Waals surface area contributed by atoms with E-state index in [0.717, 1.165) is 30.1 Å². The van der Waals surface area contributed by atoms with E-state index < -0.39 is 0 Å². The van der Waals surface area contributed by atoms with Crippen LogP contribution in [0.3, 0.4) is 0 Å². The molecule has 3 nitrogen and oxygen atoms in total. The summed E-state index contributed by atoms with van der Waals surface area (Å²) in [6.45, 7) is 6.13. The molecule has 1 aliphatic heterocycles. The second-order valence-electron chi connectivity index (χ2n) is 3.76. The molecule has 16 heavy (non-hydrogen) atoms. The zero-order valence-corrected chi connectivity index (χ0v) is 9.86. The standard InChI is InChI=1S/C13H18O3/c1-3-11(14-4-2)10-5-6-12-13(9-10)16-8-7-15-12/h5-6,9,11H,3-4,7-8H2,1-2H3/t11-/m0/s1. The molecule has 1 heterocycles. The van der Waals surface area contributed by atoms with E-state index in [-0.39, 0.29) is 6.10 Å². The lowest BCUT2D eigenvalue weighted by Crippen LogP contribution is -2.15. The van der Waals surface area contributed by atoms with Gasteiger partial charge < -0.3 is 14.2 Å². The van der Waals surface area contributed by atoms with Crippen LogP contribution in [0.1, 0.15) is 31.9 Å². The third-order valence-electron chi connectivity index (χ3n) is 2.68. The normalized spacial score (nSPS) is 15.9. The van der Waals surface area contributed by atoms with Crippen molar-refractivity contribution < 1.29 is 14.2 Å². The molecule has 0 bridgehead atoms. The lowest BCUT2D eigenvalue weighted by molar-refractivity contribution is 0.0593. The first-order valence-electron chi connectivity index (χ1n) is 5.86. The molecule has 0 spiro atoms. The monoisotopic (exact) mass is 222 g/mol. The highest BCUT2D eigenvalue weighted by atomic mass is 16.6. The summed E-state index contributed by atoms with van der Waals surface area (Å²) in [6, 6.07) is 6.04. The molecule has 88 valence electrons. The lowest BCUT2D eigenvalue weighted by atomic mass is 10.1. The Labute approximate surface area is 96.3 Å². The minimum absolute atomic E-state index is 0.154. The number of benzene rings is 1. The molecule has 0 amide bonds. The van der Waals surface area contributed by atoms with Crippen LogP contribution >= 0.6 is 0 Å². The highest BCUT2D eigenvalue weighted by molar-refractivity contribution is 5.44. The van der Waals surface area contributed by atoms with E-state index in [1.807, 2.05) is 19.1 Å². The third kappa shape index (κ3) is 2.30. The van der Waals surface area contributed by atoms with E-state index in [1.54, 1.807) is 0 Å². The van der Waals surface area contributed by atoms with Gasteiger partial charge in [0.15, 0.2) is 11.5 Å². The Balaban J connectivity index is 2.21. The van der Waals surface area contributed by atoms with Gasteiger partial charge in [-0.3, -0.25) is 0 Å².